The van der Waals surface area contributed by atoms with Crippen molar-refractivity contribution in [1.82, 2.24) is 5.32 Å². The lowest BCUT2D eigenvalue weighted by Gasteiger charge is -2.17. The molecule has 96 valence electrons. The largest absolute Gasteiger partial charge is 0.317 e. The van der Waals surface area contributed by atoms with Gasteiger partial charge in [0.15, 0.2) is 0 Å². The summed E-state index contributed by atoms with van der Waals surface area (Å²) in [6.07, 6.45) is 5.01. The molecule has 0 amide bonds. The van der Waals surface area contributed by atoms with E-state index in [1.807, 2.05) is 0 Å². The number of likely N-dealkylation sites (N-methyl/N-ethyl adjacent to an activating group) is 1. The van der Waals surface area contributed by atoms with Crippen LogP contribution >= 0.6 is 15.9 Å². The average Bonchev–Trinajstić information content (AvgIpc) is 2.30. The first-order chi connectivity index (χ1) is 8.13. The van der Waals surface area contributed by atoms with E-state index in [0.717, 1.165) is 12.3 Å². The van der Waals surface area contributed by atoms with Crippen LogP contribution in [-0.2, 0) is 6.42 Å². The van der Waals surface area contributed by atoms with Crippen molar-refractivity contribution in [3.63, 3.8) is 0 Å². The number of rotatable bonds is 7. The van der Waals surface area contributed by atoms with Gasteiger partial charge in [-0.1, -0.05) is 60.8 Å². The van der Waals surface area contributed by atoms with Gasteiger partial charge in [-0.25, -0.2) is 0 Å². The molecule has 1 N–H and O–H groups in total. The summed E-state index contributed by atoms with van der Waals surface area (Å²) in [5.74, 6) is 0.816. The Hall–Kier alpha value is -0.340. The fourth-order valence-corrected chi connectivity index (χ4v) is 2.50. The van der Waals surface area contributed by atoms with Crippen molar-refractivity contribution in [2.75, 3.05) is 7.05 Å². The van der Waals surface area contributed by atoms with E-state index in [9.17, 15) is 0 Å². The molecule has 1 aromatic carbocycles. The second-order valence-electron chi connectivity index (χ2n) is 5.11. The molecule has 0 aliphatic heterocycles. The predicted molar refractivity (Wildman–Crippen MR) is 79.4 cm³/mol. The van der Waals surface area contributed by atoms with Crippen LogP contribution < -0.4 is 5.32 Å². The lowest BCUT2D eigenvalue weighted by Crippen LogP contribution is -2.27. The van der Waals surface area contributed by atoms with Crippen LogP contribution in [0.4, 0.5) is 0 Å². The Morgan fingerprint density at radius 1 is 1.18 bits per heavy atom. The van der Waals surface area contributed by atoms with Crippen molar-refractivity contribution < 1.29 is 0 Å². The van der Waals surface area contributed by atoms with Crippen LogP contribution in [0.1, 0.15) is 38.7 Å². The van der Waals surface area contributed by atoms with Crippen molar-refractivity contribution in [3.8, 4) is 0 Å². The van der Waals surface area contributed by atoms with Crippen LogP contribution in [0.5, 0.6) is 0 Å². The van der Waals surface area contributed by atoms with Gasteiger partial charge >= 0.3 is 0 Å². The summed E-state index contributed by atoms with van der Waals surface area (Å²) in [4.78, 5) is 0. The topological polar surface area (TPSA) is 12.0 Å². The Kier molecular flexibility index (Phi) is 6.83. The molecule has 0 fully saturated rings. The highest BCUT2D eigenvalue weighted by Gasteiger charge is 2.09. The summed E-state index contributed by atoms with van der Waals surface area (Å²) in [7, 11) is 2.07. The molecule has 1 aromatic rings. The molecule has 17 heavy (non-hydrogen) atoms. The normalized spacial score (nSPS) is 13.0. The van der Waals surface area contributed by atoms with E-state index in [4.69, 9.17) is 0 Å². The molecule has 0 saturated carbocycles. The van der Waals surface area contributed by atoms with Crippen LogP contribution in [0.2, 0.25) is 0 Å². The van der Waals surface area contributed by atoms with Gasteiger partial charge in [0.05, 0.1) is 0 Å². The molecule has 1 nitrogen and oxygen atoms in total. The van der Waals surface area contributed by atoms with E-state index in [1.54, 1.807) is 0 Å². The quantitative estimate of drug-likeness (QED) is 0.786. The van der Waals surface area contributed by atoms with E-state index < -0.39 is 0 Å². The summed E-state index contributed by atoms with van der Waals surface area (Å²) < 4.78 is 1.23. The zero-order chi connectivity index (χ0) is 12.7. The summed E-state index contributed by atoms with van der Waals surface area (Å²) in [5, 5.41) is 3.43. The first-order valence-electron chi connectivity index (χ1n) is 6.54. The highest BCUT2D eigenvalue weighted by Crippen LogP contribution is 2.19. The monoisotopic (exact) mass is 297 g/mol. The van der Waals surface area contributed by atoms with Gasteiger partial charge in [-0.15, -0.1) is 0 Å². The van der Waals surface area contributed by atoms with Crippen LogP contribution in [-0.4, -0.2) is 13.1 Å². The number of hydrogen-bond acceptors (Lipinski definition) is 1. The number of benzene rings is 1. The van der Waals surface area contributed by atoms with E-state index in [1.165, 1.54) is 29.3 Å². The van der Waals surface area contributed by atoms with Gasteiger partial charge in [-0.2, -0.15) is 0 Å². The molecule has 2 heteroatoms. The van der Waals surface area contributed by atoms with Gasteiger partial charge in [0.2, 0.25) is 0 Å². The lowest BCUT2D eigenvalue weighted by molar-refractivity contribution is 0.457. The molecule has 0 aromatic heterocycles. The maximum atomic E-state index is 3.62. The molecule has 0 radical (unpaired) electrons. The maximum Gasteiger partial charge on any atom is 0.0207 e. The predicted octanol–water partition coefficient (Wildman–Crippen LogP) is 4.41. The number of hydrogen-bond donors (Lipinski definition) is 1. The van der Waals surface area contributed by atoms with Crippen LogP contribution in [0.15, 0.2) is 28.7 Å². The molecule has 0 heterocycles. The minimum Gasteiger partial charge on any atom is -0.317 e. The van der Waals surface area contributed by atoms with E-state index in [-0.39, 0.29) is 0 Å². The molecule has 0 saturated heterocycles. The van der Waals surface area contributed by atoms with E-state index in [2.05, 4.69) is 66.4 Å². The van der Waals surface area contributed by atoms with Gasteiger partial charge in [-0.05, 0) is 37.4 Å². The van der Waals surface area contributed by atoms with Gasteiger partial charge in [-0.3, -0.25) is 0 Å². The van der Waals surface area contributed by atoms with Crippen molar-refractivity contribution in [2.24, 2.45) is 5.92 Å². The number of halogens is 1. The average molecular weight is 298 g/mol. The van der Waals surface area contributed by atoms with Gasteiger partial charge in [0.25, 0.3) is 0 Å². The Labute approximate surface area is 114 Å². The third-order valence-corrected chi connectivity index (χ3v) is 3.94. The first kappa shape index (κ1) is 14.7. The molecular formula is C15H24BrN. The molecule has 1 atom stereocenters. The van der Waals surface area contributed by atoms with Crippen molar-refractivity contribution in [1.29, 1.82) is 0 Å². The van der Waals surface area contributed by atoms with Gasteiger partial charge in [0.1, 0.15) is 0 Å². The maximum absolute atomic E-state index is 3.62. The van der Waals surface area contributed by atoms with Gasteiger partial charge in [0, 0.05) is 10.5 Å². The van der Waals surface area contributed by atoms with Crippen molar-refractivity contribution >= 4 is 15.9 Å². The third kappa shape index (κ3) is 5.69. The Morgan fingerprint density at radius 2 is 1.88 bits per heavy atom. The summed E-state index contributed by atoms with van der Waals surface area (Å²) in [5.41, 5.74) is 1.40. The molecule has 1 rings (SSSR count). The van der Waals surface area contributed by atoms with Crippen molar-refractivity contribution in [3.05, 3.63) is 34.3 Å². The van der Waals surface area contributed by atoms with Gasteiger partial charge < -0.3 is 5.32 Å². The highest BCUT2D eigenvalue weighted by molar-refractivity contribution is 9.10. The van der Waals surface area contributed by atoms with Crippen LogP contribution in [0.3, 0.4) is 0 Å². The van der Waals surface area contributed by atoms with E-state index >= 15 is 0 Å². The highest BCUT2D eigenvalue weighted by atomic mass is 79.9. The fraction of sp³-hybridized carbons (Fsp3) is 0.600. The Bertz CT molecular complexity index is 322. The standard InChI is InChI=1S/C15H24BrN/c1-12(2)7-6-9-14(17-3)11-13-8-4-5-10-15(13)16/h4-5,8,10,12,14,17H,6-7,9,11H2,1-3H3. The lowest BCUT2D eigenvalue weighted by atomic mass is 9.98. The summed E-state index contributed by atoms with van der Waals surface area (Å²) >= 11 is 3.62. The van der Waals surface area contributed by atoms with Crippen LogP contribution in [0.25, 0.3) is 0 Å². The molecular weight excluding hydrogens is 274 g/mol. The Morgan fingerprint density at radius 3 is 2.47 bits per heavy atom. The summed E-state index contributed by atoms with van der Waals surface area (Å²) in [6, 6.07) is 9.10. The molecule has 0 bridgehead atoms. The second kappa shape index (κ2) is 7.88. The SMILES string of the molecule is CNC(CCCC(C)C)Cc1ccccc1Br. The smallest absolute Gasteiger partial charge is 0.0207 e. The van der Waals surface area contributed by atoms with Crippen LogP contribution in [0, 0.1) is 5.92 Å². The Balaban J connectivity index is 2.44. The molecule has 0 aliphatic carbocycles. The zero-order valence-electron chi connectivity index (χ0n) is 11.2. The second-order valence-corrected chi connectivity index (χ2v) is 5.96. The fourth-order valence-electron chi connectivity index (χ4n) is 2.05. The minimum atomic E-state index is 0.590. The summed E-state index contributed by atoms with van der Waals surface area (Å²) in [6.45, 7) is 4.59. The minimum absolute atomic E-state index is 0.590. The van der Waals surface area contributed by atoms with Crippen molar-refractivity contribution in [2.45, 2.75) is 45.6 Å². The number of nitrogens with one attached hydrogen (secondary N) is 1. The zero-order valence-corrected chi connectivity index (χ0v) is 12.8. The van der Waals surface area contributed by atoms with E-state index in [0.29, 0.717) is 6.04 Å². The third-order valence-electron chi connectivity index (χ3n) is 3.17. The molecule has 0 aliphatic rings. The molecule has 1 unspecified atom stereocenters. The first-order valence-corrected chi connectivity index (χ1v) is 7.33. The molecule has 0 spiro atoms.